The minimum Gasteiger partial charge on any atom is -0.333 e. The summed E-state index contributed by atoms with van der Waals surface area (Å²) in [5.41, 5.74) is 0.535. The van der Waals surface area contributed by atoms with Crippen molar-refractivity contribution in [1.82, 2.24) is 10.2 Å². The molecule has 1 heterocycles. The van der Waals surface area contributed by atoms with Crippen molar-refractivity contribution in [3.8, 4) is 0 Å². The van der Waals surface area contributed by atoms with Crippen LogP contribution < -0.4 is 10.6 Å². The Balaban J connectivity index is 1.99. The number of hydrogen-bond acceptors (Lipinski definition) is 3. The molecule has 0 aliphatic carbocycles. The first-order valence-corrected chi connectivity index (χ1v) is 7.51. The zero-order valence-corrected chi connectivity index (χ0v) is 13.1. The zero-order chi connectivity index (χ0) is 14.5. The Kier molecular flexibility index (Phi) is 5.39. The van der Waals surface area contributed by atoms with Crippen molar-refractivity contribution in [3.05, 3.63) is 27.7 Å². The summed E-state index contributed by atoms with van der Waals surface area (Å²) in [4.78, 5) is 25.6. The summed E-state index contributed by atoms with van der Waals surface area (Å²) in [5.74, 6) is -1.12. The highest BCUT2D eigenvalue weighted by atomic mass is 79.9. The summed E-state index contributed by atoms with van der Waals surface area (Å²) in [7, 11) is 0. The molecule has 1 aromatic carbocycles. The zero-order valence-electron chi connectivity index (χ0n) is 10.8. The third kappa shape index (κ3) is 3.94. The highest BCUT2D eigenvalue weighted by molar-refractivity contribution is 9.10. The maximum Gasteiger partial charge on any atom is 0.313 e. The molecular weight excluding hydrogens is 346 g/mol. The molecule has 0 atom stereocenters. The molecule has 0 radical (unpaired) electrons. The fourth-order valence-electron chi connectivity index (χ4n) is 1.95. The topological polar surface area (TPSA) is 61.4 Å². The van der Waals surface area contributed by atoms with Gasteiger partial charge in [0.2, 0.25) is 0 Å². The molecule has 5 nitrogen and oxygen atoms in total. The maximum atomic E-state index is 12.1. The Morgan fingerprint density at radius 1 is 1.30 bits per heavy atom. The largest absolute Gasteiger partial charge is 0.333 e. The average Bonchev–Trinajstić information content (AvgIpc) is 2.71. The molecule has 0 unspecified atom stereocenters. The second kappa shape index (κ2) is 7.06. The van der Waals surface area contributed by atoms with Gasteiger partial charge in [0.15, 0.2) is 0 Å². The lowest BCUT2D eigenvalue weighted by Gasteiger charge is -2.19. The highest BCUT2D eigenvalue weighted by Crippen LogP contribution is 2.25. The number of hydrogen-bond donors (Lipinski definition) is 2. The number of carbonyl (C=O) groups is 2. The number of benzene rings is 1. The molecule has 2 N–H and O–H groups in total. The summed E-state index contributed by atoms with van der Waals surface area (Å²) in [6, 6.07) is 4.97. The van der Waals surface area contributed by atoms with Crippen LogP contribution in [0.4, 0.5) is 5.69 Å². The maximum absolute atomic E-state index is 12.1. The predicted octanol–water partition coefficient (Wildman–Crippen LogP) is 1.86. The summed E-state index contributed by atoms with van der Waals surface area (Å²) in [5, 5.41) is 6.33. The van der Waals surface area contributed by atoms with E-state index in [1.807, 2.05) is 0 Å². The fourth-order valence-corrected chi connectivity index (χ4v) is 2.45. The average molecular weight is 361 g/mol. The fraction of sp³-hybridized carbons (Fsp3) is 0.385. The van der Waals surface area contributed by atoms with Gasteiger partial charge in [-0.05, 0) is 47.1 Å². The van der Waals surface area contributed by atoms with Crippen LogP contribution in [0.25, 0.3) is 0 Å². The monoisotopic (exact) mass is 359 g/mol. The van der Waals surface area contributed by atoms with Crippen molar-refractivity contribution >= 4 is 45.0 Å². The van der Waals surface area contributed by atoms with Crippen molar-refractivity contribution in [1.29, 1.82) is 0 Å². The van der Waals surface area contributed by atoms with Gasteiger partial charge in [0.25, 0.3) is 0 Å². The number of nitrogens with zero attached hydrogens (tertiary/aromatic N) is 1. The molecule has 7 heteroatoms. The van der Waals surface area contributed by atoms with Crippen LogP contribution in [0.1, 0.15) is 6.42 Å². The van der Waals surface area contributed by atoms with Crippen LogP contribution >= 0.6 is 27.5 Å². The van der Waals surface area contributed by atoms with Crippen molar-refractivity contribution in [2.75, 3.05) is 31.5 Å². The number of amides is 2. The van der Waals surface area contributed by atoms with Gasteiger partial charge in [-0.2, -0.15) is 0 Å². The van der Waals surface area contributed by atoms with E-state index in [0.29, 0.717) is 34.8 Å². The van der Waals surface area contributed by atoms with E-state index in [4.69, 9.17) is 11.6 Å². The van der Waals surface area contributed by atoms with Gasteiger partial charge < -0.3 is 15.5 Å². The van der Waals surface area contributed by atoms with Crippen LogP contribution in [-0.4, -0.2) is 42.9 Å². The summed E-state index contributed by atoms with van der Waals surface area (Å²) in [6.45, 7) is 2.74. The third-order valence-electron chi connectivity index (χ3n) is 3.00. The van der Waals surface area contributed by atoms with Gasteiger partial charge in [-0.15, -0.1) is 0 Å². The van der Waals surface area contributed by atoms with Crippen molar-refractivity contribution in [2.24, 2.45) is 0 Å². The minimum absolute atomic E-state index is 0.500. The van der Waals surface area contributed by atoms with Crippen LogP contribution in [0, 0.1) is 0 Å². The van der Waals surface area contributed by atoms with E-state index >= 15 is 0 Å². The SMILES string of the molecule is O=C(Nc1ccc(Cl)c(Br)c1)C(=O)N1CCCNCC1. The minimum atomic E-state index is -0.624. The molecule has 0 spiro atoms. The second-order valence-corrected chi connectivity index (χ2v) is 5.74. The van der Waals surface area contributed by atoms with E-state index in [1.54, 1.807) is 23.1 Å². The number of nitrogens with one attached hydrogen (secondary N) is 2. The Morgan fingerprint density at radius 2 is 2.10 bits per heavy atom. The molecule has 2 rings (SSSR count). The lowest BCUT2D eigenvalue weighted by atomic mass is 10.3. The quantitative estimate of drug-likeness (QED) is 0.752. The standard InChI is InChI=1S/C13H15BrClN3O2/c14-10-8-9(2-3-11(10)15)17-12(19)13(20)18-6-1-4-16-5-7-18/h2-3,8,16H,1,4-7H2,(H,17,19). The Labute approximate surface area is 130 Å². The van der Waals surface area contributed by atoms with Crippen LogP contribution in [-0.2, 0) is 9.59 Å². The second-order valence-electron chi connectivity index (χ2n) is 4.48. The first kappa shape index (κ1) is 15.3. The lowest BCUT2D eigenvalue weighted by Crippen LogP contribution is -2.41. The normalized spacial score (nSPS) is 15.6. The number of carbonyl (C=O) groups excluding carboxylic acids is 2. The molecule has 1 fully saturated rings. The van der Waals surface area contributed by atoms with E-state index in [1.165, 1.54) is 0 Å². The number of anilines is 1. The molecule has 108 valence electrons. The van der Waals surface area contributed by atoms with Gasteiger partial charge in [0.1, 0.15) is 0 Å². The van der Waals surface area contributed by atoms with E-state index in [-0.39, 0.29) is 0 Å². The van der Waals surface area contributed by atoms with Crippen LogP contribution in [0.5, 0.6) is 0 Å². The Morgan fingerprint density at radius 3 is 2.85 bits per heavy atom. The van der Waals surface area contributed by atoms with E-state index in [2.05, 4.69) is 26.6 Å². The molecule has 0 aromatic heterocycles. The van der Waals surface area contributed by atoms with E-state index in [0.717, 1.165) is 13.0 Å². The summed E-state index contributed by atoms with van der Waals surface area (Å²) < 4.78 is 0.670. The molecule has 0 bridgehead atoms. The molecule has 1 saturated heterocycles. The van der Waals surface area contributed by atoms with Gasteiger partial charge in [-0.3, -0.25) is 9.59 Å². The van der Waals surface area contributed by atoms with Gasteiger partial charge in [-0.25, -0.2) is 0 Å². The van der Waals surface area contributed by atoms with Gasteiger partial charge >= 0.3 is 11.8 Å². The third-order valence-corrected chi connectivity index (χ3v) is 4.21. The van der Waals surface area contributed by atoms with Crippen LogP contribution in [0.2, 0.25) is 5.02 Å². The molecule has 1 aliphatic rings. The number of halogens is 2. The van der Waals surface area contributed by atoms with Crippen LogP contribution in [0.3, 0.4) is 0 Å². The Bertz CT molecular complexity index is 516. The molecule has 1 aromatic rings. The predicted molar refractivity (Wildman–Crippen MR) is 81.8 cm³/mol. The number of rotatable bonds is 1. The molecule has 20 heavy (non-hydrogen) atoms. The first-order valence-electron chi connectivity index (χ1n) is 6.34. The molecule has 1 aliphatic heterocycles. The van der Waals surface area contributed by atoms with E-state index in [9.17, 15) is 9.59 Å². The molecule has 0 saturated carbocycles. The molecule has 2 amide bonds. The van der Waals surface area contributed by atoms with Crippen LogP contribution in [0.15, 0.2) is 22.7 Å². The lowest BCUT2D eigenvalue weighted by molar-refractivity contribution is -0.143. The van der Waals surface area contributed by atoms with Gasteiger partial charge in [0.05, 0.1) is 5.02 Å². The van der Waals surface area contributed by atoms with Crippen molar-refractivity contribution < 1.29 is 9.59 Å². The first-order chi connectivity index (χ1) is 9.58. The van der Waals surface area contributed by atoms with Crippen molar-refractivity contribution in [2.45, 2.75) is 6.42 Å². The van der Waals surface area contributed by atoms with Gasteiger partial charge in [0, 0.05) is 29.8 Å². The van der Waals surface area contributed by atoms with Gasteiger partial charge in [-0.1, -0.05) is 11.6 Å². The van der Waals surface area contributed by atoms with Crippen molar-refractivity contribution in [3.63, 3.8) is 0 Å². The summed E-state index contributed by atoms with van der Waals surface area (Å²) >= 11 is 9.15. The van der Waals surface area contributed by atoms with E-state index < -0.39 is 11.8 Å². The highest BCUT2D eigenvalue weighted by Gasteiger charge is 2.22. The Hall–Kier alpha value is -1.11. The molecular formula is C13H15BrClN3O2. The smallest absolute Gasteiger partial charge is 0.313 e. The summed E-state index contributed by atoms with van der Waals surface area (Å²) in [6.07, 6.45) is 0.853.